The lowest BCUT2D eigenvalue weighted by Gasteiger charge is -2.32. The maximum Gasteiger partial charge on any atom is 0.225 e. The zero-order valence-corrected chi connectivity index (χ0v) is 11.8. The van der Waals surface area contributed by atoms with Gasteiger partial charge in [-0.15, -0.1) is 0 Å². The molecule has 0 atom stereocenters. The molecule has 0 aromatic rings. The Kier molecular flexibility index (Phi) is 5.94. The summed E-state index contributed by atoms with van der Waals surface area (Å²) in [7, 11) is 0. The average Bonchev–Trinajstić information content (AvgIpc) is 2.25. The van der Waals surface area contributed by atoms with Crippen LogP contribution < -0.4 is 5.32 Å². The smallest absolute Gasteiger partial charge is 0.225 e. The number of hydrogen-bond donors (Lipinski definition) is 1. The third-order valence-corrected chi connectivity index (χ3v) is 4.11. The number of alkyl halides is 1. The van der Waals surface area contributed by atoms with E-state index in [1.807, 2.05) is 0 Å². The predicted octanol–water partition coefficient (Wildman–Crippen LogP) is 3.29. The largest absolute Gasteiger partial charge is 0.356 e. The molecule has 3 heteroatoms. The molecule has 2 nitrogen and oxygen atoms in total. The molecular weight excluding hydrogens is 301 g/mol. The van der Waals surface area contributed by atoms with Gasteiger partial charge in [0.05, 0.1) is 0 Å². The Morgan fingerprint density at radius 1 is 1.27 bits per heavy atom. The van der Waals surface area contributed by atoms with E-state index < -0.39 is 0 Å². The number of carbonyl (C=O) groups excluding carboxylic acids is 1. The van der Waals surface area contributed by atoms with Crippen LogP contribution >= 0.6 is 22.6 Å². The van der Waals surface area contributed by atoms with Crippen LogP contribution in [0.3, 0.4) is 0 Å². The summed E-state index contributed by atoms with van der Waals surface area (Å²) in [5.74, 6) is 0.288. The monoisotopic (exact) mass is 323 g/mol. The zero-order chi connectivity index (χ0) is 11.1. The van der Waals surface area contributed by atoms with Gasteiger partial charge in [-0.2, -0.15) is 0 Å². The Labute approximate surface area is 107 Å². The van der Waals surface area contributed by atoms with Gasteiger partial charge in [0.1, 0.15) is 0 Å². The van der Waals surface area contributed by atoms with Crippen molar-refractivity contribution in [1.29, 1.82) is 0 Å². The van der Waals surface area contributed by atoms with E-state index in [2.05, 4.69) is 34.8 Å². The fraction of sp³-hybridized carbons (Fsp3) is 0.917. The van der Waals surface area contributed by atoms with Crippen molar-refractivity contribution in [2.24, 2.45) is 5.41 Å². The number of rotatable bonds is 5. The fourth-order valence-corrected chi connectivity index (χ4v) is 2.73. The molecule has 1 aliphatic rings. The van der Waals surface area contributed by atoms with E-state index in [4.69, 9.17) is 0 Å². The normalized spacial score (nSPS) is 19.9. The van der Waals surface area contributed by atoms with Crippen LogP contribution in [-0.4, -0.2) is 16.9 Å². The van der Waals surface area contributed by atoms with Gasteiger partial charge in [0.25, 0.3) is 0 Å². The molecule has 1 aliphatic carbocycles. The number of nitrogens with one attached hydrogen (secondary N) is 1. The fourth-order valence-electron chi connectivity index (χ4n) is 2.19. The van der Waals surface area contributed by atoms with Gasteiger partial charge in [0.15, 0.2) is 0 Å². The molecule has 0 saturated heterocycles. The minimum atomic E-state index is -0.0669. The molecule has 1 fully saturated rings. The molecule has 0 radical (unpaired) electrons. The standard InChI is InChI=1S/C12H22INO/c1-12(7-3-2-4-8-12)11(15)14-10-6-5-9-13/h2-10H2,1H3,(H,14,15). The van der Waals surface area contributed by atoms with Crippen molar-refractivity contribution in [2.45, 2.75) is 51.9 Å². The van der Waals surface area contributed by atoms with E-state index in [1.54, 1.807) is 0 Å². The second-order valence-electron chi connectivity index (χ2n) is 4.77. The molecule has 1 amide bonds. The van der Waals surface area contributed by atoms with E-state index in [1.165, 1.54) is 30.1 Å². The molecule has 15 heavy (non-hydrogen) atoms. The van der Waals surface area contributed by atoms with Crippen LogP contribution in [0.25, 0.3) is 0 Å². The third kappa shape index (κ3) is 4.29. The van der Waals surface area contributed by atoms with Crippen LogP contribution in [-0.2, 0) is 4.79 Å². The molecule has 0 aromatic carbocycles. The Morgan fingerprint density at radius 2 is 1.93 bits per heavy atom. The highest BCUT2D eigenvalue weighted by molar-refractivity contribution is 14.1. The van der Waals surface area contributed by atoms with Crippen molar-refractivity contribution >= 4 is 28.5 Å². The van der Waals surface area contributed by atoms with Crippen LogP contribution in [0.1, 0.15) is 51.9 Å². The van der Waals surface area contributed by atoms with Crippen molar-refractivity contribution in [3.8, 4) is 0 Å². The molecule has 0 unspecified atom stereocenters. The van der Waals surface area contributed by atoms with E-state index >= 15 is 0 Å². The number of halogens is 1. The summed E-state index contributed by atoms with van der Waals surface area (Å²) < 4.78 is 1.19. The molecule has 1 N–H and O–H groups in total. The van der Waals surface area contributed by atoms with Crippen LogP contribution in [0.5, 0.6) is 0 Å². The average molecular weight is 323 g/mol. The lowest BCUT2D eigenvalue weighted by atomic mass is 9.75. The van der Waals surface area contributed by atoms with Crippen molar-refractivity contribution in [1.82, 2.24) is 5.32 Å². The molecule has 1 saturated carbocycles. The van der Waals surface area contributed by atoms with Crippen LogP contribution in [0.4, 0.5) is 0 Å². The topological polar surface area (TPSA) is 29.1 Å². The summed E-state index contributed by atoms with van der Waals surface area (Å²) >= 11 is 2.38. The maximum absolute atomic E-state index is 12.0. The van der Waals surface area contributed by atoms with Gasteiger partial charge in [-0.3, -0.25) is 4.79 Å². The van der Waals surface area contributed by atoms with Gasteiger partial charge in [-0.25, -0.2) is 0 Å². The van der Waals surface area contributed by atoms with Crippen molar-refractivity contribution in [3.63, 3.8) is 0 Å². The van der Waals surface area contributed by atoms with Gasteiger partial charge in [-0.1, -0.05) is 48.8 Å². The first kappa shape index (κ1) is 13.3. The molecule has 1 rings (SSSR count). The molecule has 0 heterocycles. The van der Waals surface area contributed by atoms with Crippen LogP contribution in [0.2, 0.25) is 0 Å². The summed E-state index contributed by atoms with van der Waals surface area (Å²) in [5, 5.41) is 3.09. The minimum absolute atomic E-state index is 0.0669. The van der Waals surface area contributed by atoms with Gasteiger partial charge in [0.2, 0.25) is 5.91 Å². The molecule has 88 valence electrons. The Morgan fingerprint density at radius 3 is 2.53 bits per heavy atom. The highest BCUT2D eigenvalue weighted by atomic mass is 127. The third-order valence-electron chi connectivity index (χ3n) is 3.35. The Bertz CT molecular complexity index is 200. The lowest BCUT2D eigenvalue weighted by Crippen LogP contribution is -2.40. The summed E-state index contributed by atoms with van der Waals surface area (Å²) in [6.45, 7) is 2.98. The summed E-state index contributed by atoms with van der Waals surface area (Å²) in [6.07, 6.45) is 8.21. The first-order chi connectivity index (χ1) is 7.19. The molecule has 0 aromatic heterocycles. The summed E-state index contributed by atoms with van der Waals surface area (Å²) in [5.41, 5.74) is -0.0669. The Balaban J connectivity index is 2.25. The maximum atomic E-state index is 12.0. The van der Waals surface area contributed by atoms with E-state index in [9.17, 15) is 4.79 Å². The van der Waals surface area contributed by atoms with Gasteiger partial charge < -0.3 is 5.32 Å². The predicted molar refractivity (Wildman–Crippen MR) is 72.3 cm³/mol. The number of amides is 1. The number of carbonyl (C=O) groups is 1. The van der Waals surface area contributed by atoms with E-state index in [0.717, 1.165) is 25.8 Å². The van der Waals surface area contributed by atoms with Crippen LogP contribution in [0, 0.1) is 5.41 Å². The van der Waals surface area contributed by atoms with E-state index in [0.29, 0.717) is 0 Å². The summed E-state index contributed by atoms with van der Waals surface area (Å²) in [6, 6.07) is 0. The van der Waals surface area contributed by atoms with Gasteiger partial charge >= 0.3 is 0 Å². The first-order valence-electron chi connectivity index (χ1n) is 6.03. The number of hydrogen-bond acceptors (Lipinski definition) is 1. The zero-order valence-electron chi connectivity index (χ0n) is 9.65. The van der Waals surface area contributed by atoms with Crippen molar-refractivity contribution in [2.75, 3.05) is 11.0 Å². The summed E-state index contributed by atoms with van der Waals surface area (Å²) in [4.78, 5) is 12.0. The molecule has 0 aliphatic heterocycles. The second-order valence-corrected chi connectivity index (χ2v) is 5.85. The highest BCUT2D eigenvalue weighted by Crippen LogP contribution is 2.35. The lowest BCUT2D eigenvalue weighted by molar-refractivity contribution is -0.131. The van der Waals surface area contributed by atoms with Crippen molar-refractivity contribution < 1.29 is 4.79 Å². The van der Waals surface area contributed by atoms with Gasteiger partial charge in [-0.05, 0) is 30.1 Å². The minimum Gasteiger partial charge on any atom is -0.356 e. The van der Waals surface area contributed by atoms with Crippen LogP contribution in [0.15, 0.2) is 0 Å². The van der Waals surface area contributed by atoms with E-state index in [-0.39, 0.29) is 11.3 Å². The Hall–Kier alpha value is 0.200. The molecular formula is C12H22INO. The second kappa shape index (κ2) is 6.71. The first-order valence-corrected chi connectivity index (χ1v) is 7.56. The molecule has 0 spiro atoms. The van der Waals surface area contributed by atoms with Gasteiger partial charge in [0, 0.05) is 12.0 Å². The highest BCUT2D eigenvalue weighted by Gasteiger charge is 2.33. The van der Waals surface area contributed by atoms with Crippen molar-refractivity contribution in [3.05, 3.63) is 0 Å². The number of unbranched alkanes of at least 4 members (excludes halogenated alkanes) is 1. The molecule has 0 bridgehead atoms. The quantitative estimate of drug-likeness (QED) is 0.469. The SMILES string of the molecule is CC1(C(=O)NCCCCI)CCCCC1.